The molecule has 2 rings (SSSR count). The van der Waals surface area contributed by atoms with Crippen molar-refractivity contribution in [3.05, 3.63) is 29.8 Å². The van der Waals surface area contributed by atoms with Crippen LogP contribution < -0.4 is 10.1 Å². The van der Waals surface area contributed by atoms with Gasteiger partial charge >= 0.3 is 0 Å². The molecule has 1 N–H and O–H groups in total. The summed E-state index contributed by atoms with van der Waals surface area (Å²) in [5.74, 6) is 1.87. The molecule has 1 aromatic rings. The SMILES string of the molecule is CCN(CC)C(CNC(=NC)N1CCC(OCCCOC)CC1)c1cccc(OC)c1. The predicted octanol–water partition coefficient (Wildman–Crippen LogP) is 3.17. The van der Waals surface area contributed by atoms with E-state index in [-0.39, 0.29) is 6.04 Å². The van der Waals surface area contributed by atoms with Crippen LogP contribution in [-0.2, 0) is 9.47 Å². The number of nitrogens with zero attached hydrogens (tertiary/aromatic N) is 3. The summed E-state index contributed by atoms with van der Waals surface area (Å²) in [6, 6.07) is 8.64. The topological polar surface area (TPSA) is 58.6 Å². The number of piperidine rings is 1. The van der Waals surface area contributed by atoms with Gasteiger partial charge in [-0.25, -0.2) is 0 Å². The fourth-order valence-electron chi connectivity index (χ4n) is 4.18. The molecule has 31 heavy (non-hydrogen) atoms. The summed E-state index contributed by atoms with van der Waals surface area (Å²) in [6.07, 6.45) is 3.36. The minimum absolute atomic E-state index is 0.253. The molecule has 0 saturated carbocycles. The quantitative estimate of drug-likeness (QED) is 0.310. The third-order valence-electron chi connectivity index (χ3n) is 5.98. The van der Waals surface area contributed by atoms with Gasteiger partial charge in [0.1, 0.15) is 5.75 Å². The Bertz CT molecular complexity index is 643. The normalized spacial score (nSPS) is 16.6. The summed E-state index contributed by atoms with van der Waals surface area (Å²) in [7, 11) is 5.32. The highest BCUT2D eigenvalue weighted by Crippen LogP contribution is 2.24. The number of hydrogen-bond donors (Lipinski definition) is 1. The molecule has 1 saturated heterocycles. The van der Waals surface area contributed by atoms with Crippen molar-refractivity contribution in [3.63, 3.8) is 0 Å². The van der Waals surface area contributed by atoms with Crippen molar-refractivity contribution in [1.82, 2.24) is 15.1 Å². The highest BCUT2D eigenvalue weighted by molar-refractivity contribution is 5.80. The van der Waals surface area contributed by atoms with Gasteiger partial charge < -0.3 is 24.4 Å². The van der Waals surface area contributed by atoms with Gasteiger partial charge in [0.05, 0.1) is 19.3 Å². The first-order chi connectivity index (χ1) is 15.2. The highest BCUT2D eigenvalue weighted by atomic mass is 16.5. The summed E-state index contributed by atoms with van der Waals surface area (Å²) in [4.78, 5) is 9.38. The Labute approximate surface area is 188 Å². The van der Waals surface area contributed by atoms with Crippen LogP contribution in [0.3, 0.4) is 0 Å². The number of rotatable bonds is 12. The molecule has 1 aliphatic rings. The Kier molecular flexibility index (Phi) is 11.7. The van der Waals surface area contributed by atoms with Crippen LogP contribution in [0.4, 0.5) is 0 Å². The molecule has 1 atom stereocenters. The van der Waals surface area contributed by atoms with Gasteiger partial charge in [-0.2, -0.15) is 0 Å². The minimum Gasteiger partial charge on any atom is -0.497 e. The van der Waals surface area contributed by atoms with Crippen LogP contribution in [0.15, 0.2) is 29.3 Å². The van der Waals surface area contributed by atoms with Crippen LogP contribution in [0, 0.1) is 0 Å². The lowest BCUT2D eigenvalue weighted by Gasteiger charge is -2.36. The van der Waals surface area contributed by atoms with E-state index in [2.05, 4.69) is 52.2 Å². The lowest BCUT2D eigenvalue weighted by molar-refractivity contribution is 0.00985. The van der Waals surface area contributed by atoms with E-state index in [0.29, 0.717) is 6.10 Å². The summed E-state index contributed by atoms with van der Waals surface area (Å²) < 4.78 is 16.6. The maximum absolute atomic E-state index is 6.00. The van der Waals surface area contributed by atoms with Crippen molar-refractivity contribution < 1.29 is 14.2 Å². The zero-order valence-corrected chi connectivity index (χ0v) is 20.1. The van der Waals surface area contributed by atoms with E-state index in [0.717, 1.165) is 76.9 Å². The largest absolute Gasteiger partial charge is 0.497 e. The molecule has 7 heteroatoms. The first-order valence-electron chi connectivity index (χ1n) is 11.6. The van der Waals surface area contributed by atoms with Crippen LogP contribution >= 0.6 is 0 Å². The number of methoxy groups -OCH3 is 2. The third kappa shape index (κ3) is 7.98. The second kappa shape index (κ2) is 14.3. The van der Waals surface area contributed by atoms with Crippen molar-refractivity contribution in [1.29, 1.82) is 0 Å². The Morgan fingerprint density at radius 1 is 1.19 bits per heavy atom. The van der Waals surface area contributed by atoms with Gasteiger partial charge in [0.15, 0.2) is 5.96 Å². The molecule has 0 aromatic heterocycles. The Balaban J connectivity index is 1.94. The zero-order chi connectivity index (χ0) is 22.5. The molecule has 0 radical (unpaired) electrons. The maximum Gasteiger partial charge on any atom is 0.193 e. The number of benzene rings is 1. The van der Waals surface area contributed by atoms with Crippen LogP contribution in [0.2, 0.25) is 0 Å². The minimum atomic E-state index is 0.253. The van der Waals surface area contributed by atoms with Crippen molar-refractivity contribution in [3.8, 4) is 5.75 Å². The van der Waals surface area contributed by atoms with Gasteiger partial charge in [0.2, 0.25) is 0 Å². The average Bonchev–Trinajstić information content (AvgIpc) is 2.82. The molecule has 1 fully saturated rings. The summed E-state index contributed by atoms with van der Waals surface area (Å²) in [5, 5.41) is 3.64. The monoisotopic (exact) mass is 434 g/mol. The number of ether oxygens (including phenoxy) is 3. The standard InChI is InChI=1S/C24H42N4O3/c1-6-27(7-2)23(20-10-8-11-22(18-20)30-5)19-26-24(25-3)28-14-12-21(13-15-28)31-17-9-16-29-4/h8,10-11,18,21,23H,6-7,9,12-17,19H2,1-5H3,(H,25,26). The zero-order valence-electron chi connectivity index (χ0n) is 20.1. The number of likely N-dealkylation sites (tertiary alicyclic amines) is 1. The first-order valence-corrected chi connectivity index (χ1v) is 11.6. The maximum atomic E-state index is 6.00. The average molecular weight is 435 g/mol. The van der Waals surface area contributed by atoms with Crippen molar-refractivity contribution in [2.45, 2.75) is 45.3 Å². The van der Waals surface area contributed by atoms with Gasteiger partial charge in [-0.3, -0.25) is 9.89 Å². The fourth-order valence-corrected chi connectivity index (χ4v) is 4.18. The summed E-state index contributed by atoms with van der Waals surface area (Å²) >= 11 is 0. The van der Waals surface area contributed by atoms with Crippen LogP contribution in [0.5, 0.6) is 5.75 Å². The summed E-state index contributed by atoms with van der Waals surface area (Å²) in [5.41, 5.74) is 1.26. The highest BCUT2D eigenvalue weighted by Gasteiger charge is 2.24. The van der Waals surface area contributed by atoms with E-state index < -0.39 is 0 Å². The molecule has 0 spiro atoms. The lowest BCUT2D eigenvalue weighted by Crippen LogP contribution is -2.49. The van der Waals surface area contributed by atoms with E-state index in [1.165, 1.54) is 5.56 Å². The van der Waals surface area contributed by atoms with E-state index in [1.807, 2.05) is 13.1 Å². The van der Waals surface area contributed by atoms with Crippen molar-refractivity contribution in [2.24, 2.45) is 4.99 Å². The Morgan fingerprint density at radius 2 is 1.94 bits per heavy atom. The van der Waals surface area contributed by atoms with Gasteiger partial charge in [-0.15, -0.1) is 0 Å². The molecule has 0 bridgehead atoms. The van der Waals surface area contributed by atoms with Crippen molar-refractivity contribution >= 4 is 5.96 Å². The molecule has 0 aliphatic carbocycles. The molecular formula is C24H42N4O3. The Morgan fingerprint density at radius 3 is 2.55 bits per heavy atom. The number of hydrogen-bond acceptors (Lipinski definition) is 5. The van der Waals surface area contributed by atoms with Crippen LogP contribution in [0.25, 0.3) is 0 Å². The number of guanidine groups is 1. The molecule has 1 aromatic carbocycles. The van der Waals surface area contributed by atoms with Gasteiger partial charge in [0.25, 0.3) is 0 Å². The third-order valence-corrected chi connectivity index (χ3v) is 5.98. The molecule has 1 heterocycles. The number of nitrogens with one attached hydrogen (secondary N) is 1. The van der Waals surface area contributed by atoms with Gasteiger partial charge in [-0.1, -0.05) is 26.0 Å². The number of aliphatic imine (C=N–C) groups is 1. The molecule has 7 nitrogen and oxygen atoms in total. The molecule has 176 valence electrons. The van der Waals surface area contributed by atoms with E-state index in [1.54, 1.807) is 14.2 Å². The molecular weight excluding hydrogens is 392 g/mol. The van der Waals surface area contributed by atoms with E-state index in [9.17, 15) is 0 Å². The fraction of sp³-hybridized carbons (Fsp3) is 0.708. The van der Waals surface area contributed by atoms with Crippen LogP contribution in [0.1, 0.15) is 44.7 Å². The second-order valence-corrected chi connectivity index (χ2v) is 7.85. The van der Waals surface area contributed by atoms with E-state index in [4.69, 9.17) is 14.2 Å². The molecule has 0 amide bonds. The first kappa shape index (κ1) is 25.4. The van der Waals surface area contributed by atoms with Crippen LogP contribution in [-0.4, -0.2) is 89.1 Å². The predicted molar refractivity (Wildman–Crippen MR) is 127 cm³/mol. The Hall–Kier alpha value is -1.83. The second-order valence-electron chi connectivity index (χ2n) is 7.85. The molecule has 1 aliphatic heterocycles. The van der Waals surface area contributed by atoms with Gasteiger partial charge in [-0.05, 0) is 50.0 Å². The summed E-state index contributed by atoms with van der Waals surface area (Å²) in [6.45, 7) is 10.7. The van der Waals surface area contributed by atoms with Gasteiger partial charge in [0, 0.05) is 47.0 Å². The van der Waals surface area contributed by atoms with E-state index >= 15 is 0 Å². The number of likely N-dealkylation sites (N-methyl/N-ethyl adjacent to an activating group) is 1. The smallest absolute Gasteiger partial charge is 0.193 e. The lowest BCUT2D eigenvalue weighted by atomic mass is 10.0. The molecule has 1 unspecified atom stereocenters. The van der Waals surface area contributed by atoms with Crippen molar-refractivity contribution in [2.75, 3.05) is 67.2 Å².